The summed E-state index contributed by atoms with van der Waals surface area (Å²) in [6.45, 7) is 10.3. The lowest BCUT2D eigenvalue weighted by Crippen LogP contribution is -2.35. The van der Waals surface area contributed by atoms with Gasteiger partial charge in [-0.2, -0.15) is 0 Å². The van der Waals surface area contributed by atoms with Gasteiger partial charge in [0.25, 0.3) is 0 Å². The molecule has 1 rings (SSSR count). The van der Waals surface area contributed by atoms with Crippen molar-refractivity contribution < 1.29 is 0 Å². The lowest BCUT2D eigenvalue weighted by molar-refractivity contribution is 0.206. The summed E-state index contributed by atoms with van der Waals surface area (Å²) in [4.78, 5) is 2.49. The molecule has 11 heavy (non-hydrogen) atoms. The lowest BCUT2D eigenvalue weighted by atomic mass is 10.1. The van der Waals surface area contributed by atoms with Crippen LogP contribution in [0.25, 0.3) is 0 Å². The van der Waals surface area contributed by atoms with Crippen LogP contribution in [-0.2, 0) is 0 Å². The number of nitrogens with one attached hydrogen (secondary N) is 1. The van der Waals surface area contributed by atoms with Crippen LogP contribution in [0.3, 0.4) is 0 Å². The lowest BCUT2D eigenvalue weighted by Gasteiger charge is -2.26. The largest absolute Gasteiger partial charge is 0.303 e. The standard InChI is InChI=1S/C8H18N2.HI/c1-7(2)8(3)10-5-4-9-6-10;/h7-9H,4-6H2,1-3H3;1H. The Bertz CT molecular complexity index is 100. The first kappa shape index (κ1) is 11.6. The highest BCUT2D eigenvalue weighted by Crippen LogP contribution is 2.10. The highest BCUT2D eigenvalue weighted by atomic mass is 127. The average Bonchev–Trinajstić information content (AvgIpc) is 2.36. The third kappa shape index (κ3) is 3.25. The van der Waals surface area contributed by atoms with Crippen LogP contribution in [0.15, 0.2) is 0 Å². The van der Waals surface area contributed by atoms with Crippen molar-refractivity contribution in [1.82, 2.24) is 10.2 Å². The summed E-state index contributed by atoms with van der Waals surface area (Å²) < 4.78 is 0. The predicted molar refractivity (Wildman–Crippen MR) is 59.3 cm³/mol. The minimum atomic E-state index is 0. The maximum Gasteiger partial charge on any atom is 0.0484 e. The van der Waals surface area contributed by atoms with Gasteiger partial charge in [0.05, 0.1) is 0 Å². The van der Waals surface area contributed by atoms with Crippen molar-refractivity contribution in [3.63, 3.8) is 0 Å². The van der Waals surface area contributed by atoms with Crippen LogP contribution >= 0.6 is 24.0 Å². The Balaban J connectivity index is 0.000001000. The fourth-order valence-electron chi connectivity index (χ4n) is 1.29. The number of halogens is 1. The van der Waals surface area contributed by atoms with Crippen LogP contribution in [0.4, 0.5) is 0 Å². The monoisotopic (exact) mass is 270 g/mol. The van der Waals surface area contributed by atoms with E-state index in [0.717, 1.165) is 25.2 Å². The maximum absolute atomic E-state index is 3.33. The fraction of sp³-hybridized carbons (Fsp3) is 1.00. The molecule has 1 aliphatic rings. The van der Waals surface area contributed by atoms with E-state index in [1.807, 2.05) is 0 Å². The predicted octanol–water partition coefficient (Wildman–Crippen LogP) is 1.51. The first-order valence-electron chi connectivity index (χ1n) is 4.16. The van der Waals surface area contributed by atoms with E-state index >= 15 is 0 Å². The van der Waals surface area contributed by atoms with Gasteiger partial charge in [-0.15, -0.1) is 24.0 Å². The molecule has 1 aliphatic heterocycles. The topological polar surface area (TPSA) is 15.3 Å². The van der Waals surface area contributed by atoms with E-state index in [1.165, 1.54) is 6.54 Å². The molecule has 0 aromatic rings. The minimum Gasteiger partial charge on any atom is -0.303 e. The van der Waals surface area contributed by atoms with Gasteiger partial charge in [0.2, 0.25) is 0 Å². The molecule has 2 nitrogen and oxygen atoms in total. The number of rotatable bonds is 2. The zero-order valence-corrected chi connectivity index (χ0v) is 9.96. The molecule has 1 atom stereocenters. The molecule has 0 aromatic carbocycles. The molecule has 1 saturated heterocycles. The van der Waals surface area contributed by atoms with Gasteiger partial charge < -0.3 is 5.32 Å². The van der Waals surface area contributed by atoms with Crippen LogP contribution in [0.1, 0.15) is 20.8 Å². The zero-order valence-electron chi connectivity index (χ0n) is 7.63. The van der Waals surface area contributed by atoms with E-state index in [-0.39, 0.29) is 24.0 Å². The van der Waals surface area contributed by atoms with Gasteiger partial charge in [-0.05, 0) is 12.8 Å². The summed E-state index contributed by atoms with van der Waals surface area (Å²) in [5.41, 5.74) is 0. The van der Waals surface area contributed by atoms with Gasteiger partial charge >= 0.3 is 0 Å². The molecule has 3 heteroatoms. The SMILES string of the molecule is CC(C)C(C)N1CCNC1.I. The number of hydrogen-bond acceptors (Lipinski definition) is 2. The second-order valence-corrected chi connectivity index (χ2v) is 3.46. The second kappa shape index (κ2) is 5.32. The molecule has 1 N–H and O–H groups in total. The molecule has 68 valence electrons. The van der Waals surface area contributed by atoms with E-state index in [2.05, 4.69) is 31.0 Å². The third-order valence-corrected chi connectivity index (χ3v) is 2.43. The van der Waals surface area contributed by atoms with Crippen molar-refractivity contribution >= 4 is 24.0 Å². The Morgan fingerprint density at radius 2 is 1.91 bits per heavy atom. The molecule has 1 unspecified atom stereocenters. The highest BCUT2D eigenvalue weighted by molar-refractivity contribution is 14.0. The molecule has 1 heterocycles. The van der Waals surface area contributed by atoms with Gasteiger partial charge in [0.15, 0.2) is 0 Å². The summed E-state index contributed by atoms with van der Waals surface area (Å²) in [5.74, 6) is 0.778. The highest BCUT2D eigenvalue weighted by Gasteiger charge is 2.19. The molecule has 0 bridgehead atoms. The molecule has 0 aromatic heterocycles. The zero-order chi connectivity index (χ0) is 7.56. The number of hydrogen-bond donors (Lipinski definition) is 1. The third-order valence-electron chi connectivity index (χ3n) is 2.43. The molecule has 0 amide bonds. The van der Waals surface area contributed by atoms with Crippen LogP contribution < -0.4 is 5.32 Å². The quantitative estimate of drug-likeness (QED) is 0.765. The van der Waals surface area contributed by atoms with Crippen molar-refractivity contribution in [2.75, 3.05) is 19.8 Å². The van der Waals surface area contributed by atoms with E-state index < -0.39 is 0 Å². The van der Waals surface area contributed by atoms with Crippen LogP contribution in [0.5, 0.6) is 0 Å². The Morgan fingerprint density at radius 3 is 2.27 bits per heavy atom. The molecule has 0 radical (unpaired) electrons. The van der Waals surface area contributed by atoms with Gasteiger partial charge in [-0.1, -0.05) is 13.8 Å². The molecule has 0 spiro atoms. The van der Waals surface area contributed by atoms with Gasteiger partial charge in [-0.25, -0.2) is 0 Å². The van der Waals surface area contributed by atoms with Crippen molar-refractivity contribution in [3.8, 4) is 0 Å². The molecular formula is C8H19IN2. The van der Waals surface area contributed by atoms with E-state index in [1.54, 1.807) is 0 Å². The second-order valence-electron chi connectivity index (χ2n) is 3.46. The summed E-state index contributed by atoms with van der Waals surface area (Å²) >= 11 is 0. The van der Waals surface area contributed by atoms with Crippen molar-refractivity contribution in [1.29, 1.82) is 0 Å². The fourth-order valence-corrected chi connectivity index (χ4v) is 1.29. The molecule has 1 fully saturated rings. The van der Waals surface area contributed by atoms with Crippen molar-refractivity contribution in [2.24, 2.45) is 5.92 Å². The van der Waals surface area contributed by atoms with Gasteiger partial charge in [-0.3, -0.25) is 4.90 Å². The Kier molecular flexibility index (Phi) is 5.64. The Labute approximate surface area is 86.7 Å². The van der Waals surface area contributed by atoms with E-state index in [0.29, 0.717) is 0 Å². The molecular weight excluding hydrogens is 251 g/mol. The van der Waals surface area contributed by atoms with Crippen molar-refractivity contribution in [3.05, 3.63) is 0 Å². The smallest absolute Gasteiger partial charge is 0.0484 e. The van der Waals surface area contributed by atoms with E-state index in [9.17, 15) is 0 Å². The van der Waals surface area contributed by atoms with Crippen LogP contribution in [0, 0.1) is 5.92 Å². The molecule has 0 aliphatic carbocycles. The number of nitrogens with zero attached hydrogens (tertiary/aromatic N) is 1. The average molecular weight is 270 g/mol. The van der Waals surface area contributed by atoms with Gasteiger partial charge in [0.1, 0.15) is 0 Å². The van der Waals surface area contributed by atoms with Gasteiger partial charge in [0, 0.05) is 25.8 Å². The summed E-state index contributed by atoms with van der Waals surface area (Å²) in [6, 6.07) is 0.731. The normalized spacial score (nSPS) is 21.8. The van der Waals surface area contributed by atoms with Crippen molar-refractivity contribution in [2.45, 2.75) is 26.8 Å². The first-order chi connectivity index (χ1) is 4.72. The Hall–Kier alpha value is 0.650. The Morgan fingerprint density at radius 1 is 1.27 bits per heavy atom. The van der Waals surface area contributed by atoms with Crippen LogP contribution in [-0.4, -0.2) is 30.7 Å². The molecule has 0 saturated carbocycles. The summed E-state index contributed by atoms with van der Waals surface area (Å²) in [5, 5.41) is 3.33. The van der Waals surface area contributed by atoms with E-state index in [4.69, 9.17) is 0 Å². The van der Waals surface area contributed by atoms with Crippen LogP contribution in [0.2, 0.25) is 0 Å². The minimum absolute atomic E-state index is 0. The maximum atomic E-state index is 3.33. The summed E-state index contributed by atoms with van der Waals surface area (Å²) in [7, 11) is 0. The first-order valence-corrected chi connectivity index (χ1v) is 4.16. The summed E-state index contributed by atoms with van der Waals surface area (Å²) in [6.07, 6.45) is 0.